The van der Waals surface area contributed by atoms with Crippen molar-refractivity contribution in [1.29, 1.82) is 0 Å². The molecule has 1 saturated heterocycles. The number of ether oxygens (including phenoxy) is 2. The fraction of sp³-hybridized carbons (Fsp3) is 0.522. The lowest BCUT2D eigenvalue weighted by atomic mass is 9.83. The monoisotopic (exact) mass is 457 g/mol. The predicted molar refractivity (Wildman–Crippen MR) is 108 cm³/mol. The van der Waals surface area contributed by atoms with Crippen LogP contribution in [0.5, 0.6) is 5.75 Å². The highest BCUT2D eigenvalue weighted by Crippen LogP contribution is 2.44. The number of carbonyl (C=O) groups excluding carboxylic acids is 1. The number of alkyl carbamates (subject to hydrolysis) is 1. The second-order valence-corrected chi connectivity index (χ2v) is 8.95. The topological polar surface area (TPSA) is 47.6 Å². The third-order valence-electron chi connectivity index (χ3n) is 6.46. The van der Waals surface area contributed by atoms with Crippen LogP contribution in [0.25, 0.3) is 10.8 Å². The molecule has 4 rings (SSSR count). The number of hydrogen-bond acceptors (Lipinski definition) is 3. The molecular formula is C23H24F5NO3. The summed E-state index contributed by atoms with van der Waals surface area (Å²) in [4.78, 5) is 11.4. The van der Waals surface area contributed by atoms with Gasteiger partial charge in [-0.3, -0.25) is 0 Å². The quantitative estimate of drug-likeness (QED) is 0.540. The Kier molecular flexibility index (Phi) is 5.49. The van der Waals surface area contributed by atoms with Crippen molar-refractivity contribution in [3.63, 3.8) is 0 Å². The highest BCUT2D eigenvalue weighted by atomic mass is 19.4. The SMILES string of the molecule is CC(F)(F)C1CCC(Oc2ccc3cc([C@]4(C)COC(=O)N4)ccc3c2C(F)(F)F)CC1. The van der Waals surface area contributed by atoms with E-state index in [9.17, 15) is 26.7 Å². The lowest BCUT2D eigenvalue weighted by molar-refractivity contribution is -0.138. The second-order valence-electron chi connectivity index (χ2n) is 8.95. The smallest absolute Gasteiger partial charge is 0.420 e. The summed E-state index contributed by atoms with van der Waals surface area (Å²) in [5, 5.41) is 2.99. The Bertz CT molecular complexity index is 1020. The summed E-state index contributed by atoms with van der Waals surface area (Å²) in [5.41, 5.74) is -1.10. The number of fused-ring (bicyclic) bond motifs is 1. The first-order valence-corrected chi connectivity index (χ1v) is 10.5. The van der Waals surface area contributed by atoms with Crippen molar-refractivity contribution in [3.8, 4) is 5.75 Å². The van der Waals surface area contributed by atoms with Crippen molar-refractivity contribution >= 4 is 16.9 Å². The minimum Gasteiger partial charge on any atom is -0.490 e. The first kappa shape index (κ1) is 22.6. The molecule has 2 aliphatic rings. The Morgan fingerprint density at radius 3 is 2.31 bits per heavy atom. The molecule has 0 spiro atoms. The largest absolute Gasteiger partial charge is 0.490 e. The molecule has 174 valence electrons. The minimum absolute atomic E-state index is 0.0265. The lowest BCUT2D eigenvalue weighted by Gasteiger charge is -2.32. The van der Waals surface area contributed by atoms with Crippen LogP contribution < -0.4 is 10.1 Å². The van der Waals surface area contributed by atoms with Gasteiger partial charge >= 0.3 is 12.3 Å². The molecule has 1 atom stereocenters. The molecule has 2 aromatic rings. The van der Waals surface area contributed by atoms with E-state index >= 15 is 0 Å². The Hall–Kier alpha value is -2.58. The number of hydrogen-bond donors (Lipinski definition) is 1. The predicted octanol–water partition coefficient (Wildman–Crippen LogP) is 6.41. The zero-order valence-corrected chi connectivity index (χ0v) is 17.7. The van der Waals surface area contributed by atoms with E-state index in [1.165, 1.54) is 24.3 Å². The zero-order chi connectivity index (χ0) is 23.3. The Morgan fingerprint density at radius 1 is 1.06 bits per heavy atom. The number of carbonyl (C=O) groups is 1. The van der Waals surface area contributed by atoms with Crippen molar-refractivity contribution in [2.24, 2.45) is 5.92 Å². The molecule has 0 aromatic heterocycles. The number of rotatable bonds is 4. The average molecular weight is 457 g/mol. The van der Waals surface area contributed by atoms with Gasteiger partial charge in [-0.05, 0) is 68.0 Å². The van der Waals surface area contributed by atoms with Crippen molar-refractivity contribution in [2.45, 2.75) is 63.3 Å². The molecule has 0 radical (unpaired) electrons. The normalized spacial score (nSPS) is 26.7. The summed E-state index contributed by atoms with van der Waals surface area (Å²) in [6.07, 6.45) is -4.82. The van der Waals surface area contributed by atoms with Gasteiger partial charge in [0.25, 0.3) is 0 Å². The van der Waals surface area contributed by atoms with Gasteiger partial charge in [0.05, 0.1) is 11.6 Å². The van der Waals surface area contributed by atoms with Gasteiger partial charge < -0.3 is 14.8 Å². The van der Waals surface area contributed by atoms with E-state index in [0.29, 0.717) is 10.9 Å². The first-order chi connectivity index (χ1) is 14.9. The van der Waals surface area contributed by atoms with E-state index < -0.39 is 41.3 Å². The van der Waals surface area contributed by atoms with Gasteiger partial charge in [0.1, 0.15) is 17.9 Å². The molecule has 32 heavy (non-hydrogen) atoms. The second kappa shape index (κ2) is 7.78. The molecule has 1 heterocycles. The van der Waals surface area contributed by atoms with Crippen LogP contribution in [0.3, 0.4) is 0 Å². The standard InChI is InChI=1S/C23H24F5NO3/c1-21(12-31-20(30)29-21)15-6-9-17-13(11-15)3-10-18(19(17)23(26,27)28)32-16-7-4-14(5-8-16)22(2,24)25/h3,6,9-11,14,16H,4-5,7-8,12H2,1-2H3,(H,29,30)/t14?,16?,21-/m0/s1. The van der Waals surface area contributed by atoms with Crippen LogP contribution in [-0.2, 0) is 16.5 Å². The summed E-state index contributed by atoms with van der Waals surface area (Å²) in [6.45, 7) is 2.68. The average Bonchev–Trinajstić information content (AvgIpc) is 3.06. The van der Waals surface area contributed by atoms with Gasteiger partial charge in [0, 0.05) is 5.92 Å². The van der Waals surface area contributed by atoms with Crippen LogP contribution in [-0.4, -0.2) is 24.7 Å². The van der Waals surface area contributed by atoms with Gasteiger partial charge in [-0.2, -0.15) is 13.2 Å². The maximum Gasteiger partial charge on any atom is 0.420 e. The molecule has 0 unspecified atom stereocenters. The number of alkyl halides is 5. The van der Waals surface area contributed by atoms with Crippen molar-refractivity contribution in [1.82, 2.24) is 5.32 Å². The van der Waals surface area contributed by atoms with E-state index in [1.807, 2.05) is 0 Å². The molecule has 0 bridgehead atoms. The van der Waals surface area contributed by atoms with E-state index in [2.05, 4.69) is 5.32 Å². The van der Waals surface area contributed by atoms with E-state index in [4.69, 9.17) is 9.47 Å². The van der Waals surface area contributed by atoms with Crippen LogP contribution in [0.2, 0.25) is 0 Å². The molecule has 2 aromatic carbocycles. The van der Waals surface area contributed by atoms with Gasteiger partial charge in [-0.15, -0.1) is 0 Å². The highest BCUT2D eigenvalue weighted by Gasteiger charge is 2.41. The molecule has 4 nitrogen and oxygen atoms in total. The summed E-state index contributed by atoms with van der Waals surface area (Å²) in [6, 6.07) is 7.31. The Labute approximate surface area is 182 Å². The lowest BCUT2D eigenvalue weighted by Crippen LogP contribution is -2.37. The highest BCUT2D eigenvalue weighted by molar-refractivity contribution is 5.89. The van der Waals surface area contributed by atoms with Crippen LogP contribution in [0.1, 0.15) is 50.7 Å². The number of amides is 1. The summed E-state index contributed by atoms with van der Waals surface area (Å²) in [7, 11) is 0. The van der Waals surface area contributed by atoms with Gasteiger partial charge in [0.2, 0.25) is 5.92 Å². The molecule has 1 saturated carbocycles. The van der Waals surface area contributed by atoms with Crippen LogP contribution in [0.15, 0.2) is 30.3 Å². The van der Waals surface area contributed by atoms with Crippen molar-refractivity contribution in [2.75, 3.05) is 6.61 Å². The molecule has 9 heteroatoms. The van der Waals surface area contributed by atoms with E-state index in [1.54, 1.807) is 13.0 Å². The van der Waals surface area contributed by atoms with E-state index in [0.717, 1.165) is 6.92 Å². The van der Waals surface area contributed by atoms with Crippen molar-refractivity contribution < 1.29 is 36.2 Å². The molecule has 1 aliphatic heterocycles. The fourth-order valence-electron chi connectivity index (χ4n) is 4.57. The third kappa shape index (κ3) is 4.34. The van der Waals surface area contributed by atoms with Crippen molar-refractivity contribution in [3.05, 3.63) is 41.5 Å². The van der Waals surface area contributed by atoms with Crippen LogP contribution >= 0.6 is 0 Å². The maximum atomic E-state index is 14.0. The number of cyclic esters (lactones) is 1. The minimum atomic E-state index is -4.67. The van der Waals surface area contributed by atoms with Crippen LogP contribution in [0.4, 0.5) is 26.7 Å². The van der Waals surface area contributed by atoms with E-state index in [-0.39, 0.29) is 43.4 Å². The van der Waals surface area contributed by atoms with Gasteiger partial charge in [-0.25, -0.2) is 13.6 Å². The maximum absolute atomic E-state index is 14.0. The molecular weight excluding hydrogens is 433 g/mol. The fourth-order valence-corrected chi connectivity index (χ4v) is 4.57. The number of benzene rings is 2. The Balaban J connectivity index is 1.64. The third-order valence-corrected chi connectivity index (χ3v) is 6.46. The summed E-state index contributed by atoms with van der Waals surface area (Å²) >= 11 is 0. The molecule has 2 fully saturated rings. The molecule has 1 aliphatic carbocycles. The molecule has 1 N–H and O–H groups in total. The van der Waals surface area contributed by atoms with Crippen LogP contribution in [0, 0.1) is 5.92 Å². The number of nitrogens with one attached hydrogen (secondary N) is 1. The number of halogens is 5. The summed E-state index contributed by atoms with van der Waals surface area (Å²) < 4.78 is 79.8. The molecule has 1 amide bonds. The first-order valence-electron chi connectivity index (χ1n) is 10.5. The van der Waals surface area contributed by atoms with Gasteiger partial charge in [0.15, 0.2) is 0 Å². The zero-order valence-electron chi connectivity index (χ0n) is 17.7. The Morgan fingerprint density at radius 2 is 1.75 bits per heavy atom. The van der Waals surface area contributed by atoms with Gasteiger partial charge in [-0.1, -0.05) is 18.2 Å². The summed E-state index contributed by atoms with van der Waals surface area (Å²) in [5.74, 6) is -3.88.